The predicted octanol–water partition coefficient (Wildman–Crippen LogP) is 6.54. The van der Waals surface area contributed by atoms with Gasteiger partial charge in [-0.2, -0.15) is 0 Å². The van der Waals surface area contributed by atoms with Crippen LogP contribution in [0.2, 0.25) is 0 Å². The molecule has 3 aromatic rings. The third kappa shape index (κ3) is 3.71. The molecule has 5 heteroatoms. The Morgan fingerprint density at radius 3 is 2.42 bits per heavy atom. The van der Waals surface area contributed by atoms with Gasteiger partial charge in [0.2, 0.25) is 5.91 Å². The van der Waals surface area contributed by atoms with Gasteiger partial charge < -0.3 is 10.2 Å². The molecule has 3 aliphatic heterocycles. The van der Waals surface area contributed by atoms with Crippen molar-refractivity contribution in [1.82, 2.24) is 0 Å². The molecule has 1 saturated heterocycles. The number of Topliss-reactive ketones (excluding diaryl/α,β-unsaturated/α-hetero) is 2. The molecule has 0 bridgehead atoms. The standard InChI is InChI=1S/C35H36N2O3/c1-6-9-22-13-15-23(16-14-22)31(38)29-30(32(39)34(3,4)5)37-27-18-12-21(2)20-24(27)17-19-28(37)35(29)25-10-7-8-11-26(25)36-33(35)40/h7-8,10-20,28-30H,6,9H2,1-5H3,(H,36,40)/t28-,29+,30-,35+/m1/s1. The molecule has 1 N–H and O–H groups in total. The zero-order valence-corrected chi connectivity index (χ0v) is 23.8. The second-order valence-electron chi connectivity index (χ2n) is 12.5. The van der Waals surface area contributed by atoms with Crippen molar-refractivity contribution in [2.24, 2.45) is 11.3 Å². The van der Waals surface area contributed by atoms with Crippen molar-refractivity contribution in [3.05, 3.63) is 101 Å². The Morgan fingerprint density at radius 1 is 1.00 bits per heavy atom. The van der Waals surface area contributed by atoms with E-state index in [-0.39, 0.29) is 17.5 Å². The summed E-state index contributed by atoms with van der Waals surface area (Å²) in [6.45, 7) is 9.86. The van der Waals surface area contributed by atoms with Crippen LogP contribution in [-0.4, -0.2) is 29.6 Å². The first-order valence-electron chi connectivity index (χ1n) is 14.2. The Hall–Kier alpha value is -3.99. The number of benzene rings is 3. The lowest BCUT2D eigenvalue weighted by molar-refractivity contribution is -0.128. The summed E-state index contributed by atoms with van der Waals surface area (Å²) in [7, 11) is 0. The summed E-state index contributed by atoms with van der Waals surface area (Å²) >= 11 is 0. The lowest BCUT2D eigenvalue weighted by Crippen LogP contribution is -2.51. The zero-order chi connectivity index (χ0) is 28.4. The molecule has 1 fully saturated rings. The molecule has 6 rings (SSSR count). The van der Waals surface area contributed by atoms with Crippen molar-refractivity contribution in [3.8, 4) is 0 Å². The molecule has 1 spiro atoms. The fourth-order valence-electron chi connectivity index (χ4n) is 7.05. The number of nitrogens with one attached hydrogen (secondary N) is 1. The minimum Gasteiger partial charge on any atom is -0.352 e. The Balaban J connectivity index is 1.64. The summed E-state index contributed by atoms with van der Waals surface area (Å²) in [4.78, 5) is 45.7. The number of hydrogen-bond donors (Lipinski definition) is 1. The number of rotatable bonds is 5. The Labute approximate surface area is 236 Å². The number of fused-ring (bicyclic) bond motifs is 6. The van der Waals surface area contributed by atoms with E-state index in [1.165, 1.54) is 0 Å². The average Bonchev–Trinajstić information content (AvgIpc) is 3.40. The van der Waals surface area contributed by atoms with Crippen LogP contribution in [0.15, 0.2) is 72.8 Å². The van der Waals surface area contributed by atoms with E-state index in [2.05, 4.69) is 23.2 Å². The van der Waals surface area contributed by atoms with Gasteiger partial charge in [0.15, 0.2) is 11.6 Å². The number of nitrogens with zero attached hydrogens (tertiary/aromatic N) is 1. The summed E-state index contributed by atoms with van der Waals surface area (Å²) < 4.78 is 0. The average molecular weight is 533 g/mol. The van der Waals surface area contributed by atoms with Gasteiger partial charge in [0.1, 0.15) is 11.5 Å². The highest BCUT2D eigenvalue weighted by Gasteiger charge is 2.70. The van der Waals surface area contributed by atoms with E-state index < -0.39 is 28.8 Å². The first-order chi connectivity index (χ1) is 19.1. The SMILES string of the molecule is CCCc1ccc(C(=O)[C@@H]2[C@H](C(=O)C(C)(C)C)N3c4ccc(C)cc4C=C[C@@H]3[C@]23C(=O)Nc2ccccc23)cc1. The number of carbonyl (C=O) groups excluding carboxylic acids is 3. The summed E-state index contributed by atoms with van der Waals surface area (Å²) in [5.41, 5.74) is 4.16. The number of amides is 1. The number of ketones is 2. The number of aryl methyl sites for hydroxylation is 2. The third-order valence-electron chi connectivity index (χ3n) is 8.86. The molecule has 1 amide bonds. The highest BCUT2D eigenvalue weighted by Crippen LogP contribution is 2.58. The maximum atomic E-state index is 14.8. The first kappa shape index (κ1) is 26.2. The molecule has 0 unspecified atom stereocenters. The number of hydrogen-bond acceptors (Lipinski definition) is 4. The lowest BCUT2D eigenvalue weighted by atomic mass is 9.63. The van der Waals surface area contributed by atoms with Gasteiger partial charge in [-0.05, 0) is 48.2 Å². The molecule has 4 atom stereocenters. The molecular formula is C35H36N2O3. The maximum Gasteiger partial charge on any atom is 0.238 e. The molecule has 3 aliphatic rings. The molecule has 204 valence electrons. The van der Waals surface area contributed by atoms with Crippen molar-refractivity contribution in [2.75, 3.05) is 10.2 Å². The van der Waals surface area contributed by atoms with Crippen LogP contribution in [0.5, 0.6) is 0 Å². The summed E-state index contributed by atoms with van der Waals surface area (Å²) in [5.74, 6) is -1.36. The molecule has 0 aromatic heterocycles. The van der Waals surface area contributed by atoms with Gasteiger partial charge in [0.05, 0.1) is 12.0 Å². The van der Waals surface area contributed by atoms with Gasteiger partial charge in [-0.25, -0.2) is 0 Å². The highest BCUT2D eigenvalue weighted by molar-refractivity contribution is 6.17. The van der Waals surface area contributed by atoms with Gasteiger partial charge in [0.25, 0.3) is 0 Å². The minimum absolute atomic E-state index is 0.0469. The Morgan fingerprint density at radius 2 is 1.73 bits per heavy atom. The van der Waals surface area contributed by atoms with Crippen molar-refractivity contribution in [2.45, 2.75) is 65.0 Å². The van der Waals surface area contributed by atoms with E-state index in [0.29, 0.717) is 11.3 Å². The van der Waals surface area contributed by atoms with E-state index in [4.69, 9.17) is 0 Å². The number of para-hydroxylation sites is 1. The van der Waals surface area contributed by atoms with Crippen LogP contribution in [0.4, 0.5) is 11.4 Å². The Bertz CT molecular complexity index is 1560. The summed E-state index contributed by atoms with van der Waals surface area (Å²) in [5, 5.41) is 3.09. The minimum atomic E-state index is -1.26. The quantitative estimate of drug-likeness (QED) is 0.379. The molecule has 3 heterocycles. The van der Waals surface area contributed by atoms with E-state index in [0.717, 1.165) is 40.8 Å². The maximum absolute atomic E-state index is 14.8. The number of anilines is 2. The van der Waals surface area contributed by atoms with Gasteiger partial charge in [0, 0.05) is 22.4 Å². The van der Waals surface area contributed by atoms with Gasteiger partial charge in [-0.3, -0.25) is 14.4 Å². The smallest absolute Gasteiger partial charge is 0.238 e. The second kappa shape index (κ2) is 9.29. The van der Waals surface area contributed by atoms with Crippen LogP contribution in [0, 0.1) is 18.3 Å². The van der Waals surface area contributed by atoms with E-state index in [9.17, 15) is 14.4 Å². The van der Waals surface area contributed by atoms with Crippen LogP contribution >= 0.6 is 0 Å². The first-order valence-corrected chi connectivity index (χ1v) is 14.2. The van der Waals surface area contributed by atoms with Crippen molar-refractivity contribution in [3.63, 3.8) is 0 Å². The molecular weight excluding hydrogens is 496 g/mol. The zero-order valence-electron chi connectivity index (χ0n) is 23.8. The van der Waals surface area contributed by atoms with Gasteiger partial charge >= 0.3 is 0 Å². The largest absolute Gasteiger partial charge is 0.352 e. The van der Waals surface area contributed by atoms with Crippen LogP contribution in [0.25, 0.3) is 6.08 Å². The van der Waals surface area contributed by atoms with Crippen LogP contribution < -0.4 is 10.2 Å². The molecule has 40 heavy (non-hydrogen) atoms. The second-order valence-corrected chi connectivity index (χ2v) is 12.5. The molecule has 0 radical (unpaired) electrons. The van der Waals surface area contributed by atoms with Crippen molar-refractivity contribution >= 4 is 34.9 Å². The molecule has 0 aliphatic carbocycles. The Kier molecular flexibility index (Phi) is 6.10. The van der Waals surface area contributed by atoms with Gasteiger partial charge in [-0.15, -0.1) is 0 Å². The van der Waals surface area contributed by atoms with Crippen molar-refractivity contribution in [1.29, 1.82) is 0 Å². The van der Waals surface area contributed by atoms with Crippen molar-refractivity contribution < 1.29 is 14.4 Å². The van der Waals surface area contributed by atoms with Crippen LogP contribution in [0.3, 0.4) is 0 Å². The highest BCUT2D eigenvalue weighted by atomic mass is 16.2. The number of carbonyl (C=O) groups is 3. The van der Waals surface area contributed by atoms with E-state index in [1.54, 1.807) is 0 Å². The fourth-order valence-corrected chi connectivity index (χ4v) is 7.05. The van der Waals surface area contributed by atoms with Crippen LogP contribution in [0.1, 0.15) is 66.7 Å². The topological polar surface area (TPSA) is 66.5 Å². The normalized spacial score (nSPS) is 24.5. The van der Waals surface area contributed by atoms with Gasteiger partial charge in [-0.1, -0.05) is 100 Å². The summed E-state index contributed by atoms with van der Waals surface area (Å²) in [6, 6.07) is 20.2. The monoisotopic (exact) mass is 532 g/mol. The fraction of sp³-hybridized carbons (Fsp3) is 0.343. The molecule has 5 nitrogen and oxygen atoms in total. The summed E-state index contributed by atoms with van der Waals surface area (Å²) in [6.07, 6.45) is 6.02. The predicted molar refractivity (Wildman–Crippen MR) is 160 cm³/mol. The lowest BCUT2D eigenvalue weighted by Gasteiger charge is -2.38. The van der Waals surface area contributed by atoms with Crippen LogP contribution in [-0.2, 0) is 21.4 Å². The molecule has 3 aromatic carbocycles. The van der Waals surface area contributed by atoms with E-state index >= 15 is 0 Å². The third-order valence-corrected chi connectivity index (χ3v) is 8.86. The molecule has 0 saturated carbocycles. The van der Waals surface area contributed by atoms with E-state index in [1.807, 2.05) is 101 Å².